The molecule has 0 saturated carbocycles. The first-order chi connectivity index (χ1) is 15.4. The van der Waals surface area contributed by atoms with E-state index in [0.717, 1.165) is 22.2 Å². The van der Waals surface area contributed by atoms with Crippen molar-refractivity contribution in [3.63, 3.8) is 0 Å². The number of anilines is 3. The molecule has 10 nitrogen and oxygen atoms in total. The summed E-state index contributed by atoms with van der Waals surface area (Å²) in [5.74, 6) is 1.29. The van der Waals surface area contributed by atoms with Gasteiger partial charge in [0, 0.05) is 36.3 Å². The number of ether oxygens (including phenoxy) is 3. The van der Waals surface area contributed by atoms with Gasteiger partial charge >= 0.3 is 6.09 Å². The van der Waals surface area contributed by atoms with Crippen LogP contribution in [-0.4, -0.2) is 53.0 Å². The average molecular weight is 436 g/mol. The number of aromatic nitrogens is 3. The second-order valence-corrected chi connectivity index (χ2v) is 8.20. The van der Waals surface area contributed by atoms with E-state index in [4.69, 9.17) is 19.9 Å². The molecule has 32 heavy (non-hydrogen) atoms. The number of hydrogen-bond acceptors (Lipinski definition) is 9. The van der Waals surface area contributed by atoms with Crippen LogP contribution in [0.1, 0.15) is 18.9 Å². The number of fused-ring (bicyclic) bond motifs is 2. The van der Waals surface area contributed by atoms with E-state index in [0.29, 0.717) is 61.4 Å². The quantitative estimate of drug-likeness (QED) is 0.566. The Morgan fingerprint density at radius 2 is 2.16 bits per heavy atom. The number of nitrogens with one attached hydrogen (secondary N) is 2. The predicted octanol–water partition coefficient (Wildman–Crippen LogP) is 3.11. The molecule has 1 atom stereocenters. The summed E-state index contributed by atoms with van der Waals surface area (Å²) in [5, 5.41) is 7.49. The smallest absolute Gasteiger partial charge is 0.413 e. The highest BCUT2D eigenvalue weighted by molar-refractivity contribution is 5.96. The fourth-order valence-corrected chi connectivity index (χ4v) is 3.94. The Bertz CT molecular complexity index is 1210. The van der Waals surface area contributed by atoms with E-state index in [1.807, 2.05) is 19.9 Å². The van der Waals surface area contributed by atoms with Gasteiger partial charge in [0.15, 0.2) is 0 Å². The summed E-state index contributed by atoms with van der Waals surface area (Å²) in [7, 11) is 0. The number of rotatable bonds is 3. The summed E-state index contributed by atoms with van der Waals surface area (Å²) in [5.41, 5.74) is 8.94. The molecule has 2 aliphatic heterocycles. The standard InChI is InChI=1S/C22H24N6O4/c1-12-14(9-26-20-18(12)24-4-6-31-20)16-7-13-8-17(25-10-15(13)19(23)27-16)28-21(29)32-22(2)3-5-30-11-22/h7-10,24H,3-6,11H2,1-2H3,(H2,23,27)(H,25,28,29)/t22-/m1/s1. The van der Waals surface area contributed by atoms with Crippen molar-refractivity contribution in [3.8, 4) is 17.1 Å². The van der Waals surface area contributed by atoms with Crippen LogP contribution in [0.4, 0.5) is 22.1 Å². The zero-order chi connectivity index (χ0) is 22.3. The monoisotopic (exact) mass is 436 g/mol. The summed E-state index contributed by atoms with van der Waals surface area (Å²) < 4.78 is 16.5. The Morgan fingerprint density at radius 1 is 1.28 bits per heavy atom. The van der Waals surface area contributed by atoms with Crippen molar-refractivity contribution in [1.82, 2.24) is 15.0 Å². The van der Waals surface area contributed by atoms with Gasteiger partial charge in [-0.05, 0) is 36.9 Å². The molecule has 1 amide bonds. The molecule has 3 aromatic rings. The van der Waals surface area contributed by atoms with E-state index in [-0.39, 0.29) is 0 Å². The molecule has 1 saturated heterocycles. The number of pyridine rings is 3. The Balaban J connectivity index is 1.45. The number of nitrogens with zero attached hydrogens (tertiary/aromatic N) is 3. The average Bonchev–Trinajstić information content (AvgIpc) is 3.19. The maximum atomic E-state index is 12.4. The van der Waals surface area contributed by atoms with Gasteiger partial charge in [-0.2, -0.15) is 0 Å². The second kappa shape index (κ2) is 7.79. The van der Waals surface area contributed by atoms with Gasteiger partial charge in [-0.3, -0.25) is 5.32 Å². The fraction of sp³-hybridized carbons (Fsp3) is 0.364. The lowest BCUT2D eigenvalue weighted by Crippen LogP contribution is -2.34. The third kappa shape index (κ3) is 3.73. The molecule has 5 heterocycles. The summed E-state index contributed by atoms with van der Waals surface area (Å²) in [6, 6.07) is 3.64. The van der Waals surface area contributed by atoms with Gasteiger partial charge in [0.25, 0.3) is 0 Å². The van der Waals surface area contributed by atoms with E-state index in [1.54, 1.807) is 18.5 Å². The Kier molecular flexibility index (Phi) is 4.93. The van der Waals surface area contributed by atoms with E-state index in [2.05, 4.69) is 25.6 Å². The number of carbonyl (C=O) groups is 1. The molecule has 10 heteroatoms. The van der Waals surface area contributed by atoms with Crippen LogP contribution in [0.5, 0.6) is 5.88 Å². The number of carbonyl (C=O) groups excluding carboxylic acids is 1. The van der Waals surface area contributed by atoms with E-state index in [9.17, 15) is 4.79 Å². The Morgan fingerprint density at radius 3 is 2.97 bits per heavy atom. The van der Waals surface area contributed by atoms with E-state index < -0.39 is 11.7 Å². The predicted molar refractivity (Wildman–Crippen MR) is 120 cm³/mol. The SMILES string of the molecule is Cc1c(-c2cc3cc(NC(=O)O[C@]4(C)CCOC4)ncc3c(N)n2)cnc2c1NCCO2. The van der Waals surface area contributed by atoms with Gasteiger partial charge < -0.3 is 25.3 Å². The molecular weight excluding hydrogens is 412 g/mol. The van der Waals surface area contributed by atoms with Crippen LogP contribution in [0.15, 0.2) is 24.5 Å². The van der Waals surface area contributed by atoms with Crippen LogP contribution in [0.25, 0.3) is 22.0 Å². The maximum absolute atomic E-state index is 12.4. The number of nitrogen functional groups attached to an aromatic ring is 1. The molecule has 0 radical (unpaired) electrons. The summed E-state index contributed by atoms with van der Waals surface area (Å²) in [6.07, 6.45) is 3.40. The zero-order valence-corrected chi connectivity index (χ0v) is 17.9. The highest BCUT2D eigenvalue weighted by Gasteiger charge is 2.34. The number of hydrogen-bond donors (Lipinski definition) is 3. The summed E-state index contributed by atoms with van der Waals surface area (Å²) in [6.45, 7) is 6.09. The van der Waals surface area contributed by atoms with Crippen molar-refractivity contribution in [1.29, 1.82) is 0 Å². The normalized spacial score (nSPS) is 19.7. The van der Waals surface area contributed by atoms with Gasteiger partial charge in [0.1, 0.15) is 29.5 Å². The molecule has 3 aromatic heterocycles. The van der Waals surface area contributed by atoms with Crippen LogP contribution in [0.2, 0.25) is 0 Å². The lowest BCUT2D eigenvalue weighted by Gasteiger charge is -2.22. The zero-order valence-electron chi connectivity index (χ0n) is 17.9. The van der Waals surface area contributed by atoms with Crippen molar-refractivity contribution in [3.05, 3.63) is 30.1 Å². The molecule has 2 aliphatic rings. The third-order valence-corrected chi connectivity index (χ3v) is 5.72. The molecule has 0 aliphatic carbocycles. The molecule has 1 fully saturated rings. The highest BCUT2D eigenvalue weighted by Crippen LogP contribution is 2.36. The summed E-state index contributed by atoms with van der Waals surface area (Å²) in [4.78, 5) is 25.6. The lowest BCUT2D eigenvalue weighted by molar-refractivity contribution is 0.0241. The molecule has 5 rings (SSSR count). The van der Waals surface area contributed by atoms with Gasteiger partial charge in [0.2, 0.25) is 5.88 Å². The van der Waals surface area contributed by atoms with Gasteiger partial charge in [-0.25, -0.2) is 19.7 Å². The van der Waals surface area contributed by atoms with Crippen LogP contribution >= 0.6 is 0 Å². The summed E-state index contributed by atoms with van der Waals surface area (Å²) >= 11 is 0. The van der Waals surface area contributed by atoms with Gasteiger partial charge in [-0.1, -0.05) is 0 Å². The van der Waals surface area contributed by atoms with Gasteiger partial charge in [-0.15, -0.1) is 0 Å². The molecule has 4 N–H and O–H groups in total. The molecule has 166 valence electrons. The first-order valence-electron chi connectivity index (χ1n) is 10.4. The largest absolute Gasteiger partial charge is 0.474 e. The van der Waals surface area contributed by atoms with Crippen LogP contribution in [0, 0.1) is 6.92 Å². The van der Waals surface area contributed by atoms with Crippen molar-refractivity contribution >= 4 is 34.2 Å². The Hall–Kier alpha value is -3.66. The van der Waals surface area contributed by atoms with Crippen molar-refractivity contribution in [2.24, 2.45) is 0 Å². The third-order valence-electron chi connectivity index (χ3n) is 5.72. The highest BCUT2D eigenvalue weighted by atomic mass is 16.6. The van der Waals surface area contributed by atoms with Crippen molar-refractivity contribution < 1.29 is 19.0 Å². The number of amides is 1. The van der Waals surface area contributed by atoms with Crippen LogP contribution < -0.4 is 21.1 Å². The van der Waals surface area contributed by atoms with Crippen LogP contribution in [-0.2, 0) is 9.47 Å². The maximum Gasteiger partial charge on any atom is 0.413 e. The molecule has 0 spiro atoms. The minimum Gasteiger partial charge on any atom is -0.474 e. The fourth-order valence-electron chi connectivity index (χ4n) is 3.94. The first kappa shape index (κ1) is 20.3. The van der Waals surface area contributed by atoms with Gasteiger partial charge in [0.05, 0.1) is 18.9 Å². The lowest BCUT2D eigenvalue weighted by atomic mass is 10.0. The Labute approximate surface area is 184 Å². The van der Waals surface area contributed by atoms with E-state index in [1.165, 1.54) is 0 Å². The second-order valence-electron chi connectivity index (χ2n) is 8.20. The minimum absolute atomic E-state index is 0.344. The van der Waals surface area contributed by atoms with Crippen molar-refractivity contribution in [2.75, 3.05) is 42.7 Å². The first-order valence-corrected chi connectivity index (χ1v) is 10.4. The molecule has 0 unspecified atom stereocenters. The van der Waals surface area contributed by atoms with Crippen molar-refractivity contribution in [2.45, 2.75) is 25.9 Å². The van der Waals surface area contributed by atoms with Crippen LogP contribution in [0.3, 0.4) is 0 Å². The molecule has 0 bridgehead atoms. The minimum atomic E-state index is -0.628. The number of nitrogens with two attached hydrogens (primary N) is 1. The topological polar surface area (TPSA) is 134 Å². The van der Waals surface area contributed by atoms with E-state index >= 15 is 0 Å². The molecular formula is C22H24N6O4. The molecule has 0 aromatic carbocycles.